The topological polar surface area (TPSA) is 78.5 Å². The van der Waals surface area contributed by atoms with Crippen LogP contribution < -0.4 is 0 Å². The van der Waals surface area contributed by atoms with Gasteiger partial charge in [0.1, 0.15) is 13.2 Å². The van der Waals surface area contributed by atoms with E-state index in [4.69, 9.17) is 4.74 Å². The van der Waals surface area contributed by atoms with Crippen LogP contribution >= 0.6 is 0 Å². The maximum Gasteiger partial charge on any atom is 0.410 e. The fraction of sp³-hybridized carbons (Fsp3) is 0.450. The first kappa shape index (κ1) is 17.6. The van der Waals surface area contributed by atoms with E-state index in [0.717, 1.165) is 29.8 Å². The third-order valence-corrected chi connectivity index (χ3v) is 5.43. The molecule has 7 nitrogen and oxygen atoms in total. The fourth-order valence-electron chi connectivity index (χ4n) is 3.92. The molecule has 1 saturated heterocycles. The minimum atomic E-state index is -0.403. The van der Waals surface area contributed by atoms with Crippen molar-refractivity contribution in [3.05, 3.63) is 52.8 Å². The standard InChI is InChI=1S/C20H24N4O3/c1-2-15(14-6-4-3-5-7-14)19-16-12-23(9-8-17(16)21-22-19)18(25)13-24-10-11-27-20(24)26/h3-7,15H,2,8-13H2,1H3,(H,21,22). The molecule has 0 radical (unpaired) electrons. The summed E-state index contributed by atoms with van der Waals surface area (Å²) >= 11 is 0. The minimum absolute atomic E-state index is 0.0422. The first-order chi connectivity index (χ1) is 13.2. The smallest absolute Gasteiger partial charge is 0.410 e. The number of H-pyrrole nitrogens is 1. The highest BCUT2D eigenvalue weighted by atomic mass is 16.6. The number of fused-ring (bicyclic) bond motifs is 1. The van der Waals surface area contributed by atoms with Crippen molar-refractivity contribution in [1.29, 1.82) is 0 Å². The Morgan fingerprint density at radius 1 is 1.30 bits per heavy atom. The zero-order valence-corrected chi connectivity index (χ0v) is 15.5. The summed E-state index contributed by atoms with van der Waals surface area (Å²) in [5, 5.41) is 7.78. The summed E-state index contributed by atoms with van der Waals surface area (Å²) in [6, 6.07) is 10.4. The van der Waals surface area contributed by atoms with Crippen LogP contribution in [0.1, 0.15) is 41.8 Å². The number of ether oxygens (including phenoxy) is 1. The molecule has 2 aliphatic heterocycles. The molecule has 0 bridgehead atoms. The van der Waals surface area contributed by atoms with Gasteiger partial charge in [0, 0.05) is 36.7 Å². The first-order valence-electron chi connectivity index (χ1n) is 9.47. The number of rotatable bonds is 5. The lowest BCUT2D eigenvalue weighted by molar-refractivity contribution is -0.132. The molecule has 142 valence electrons. The zero-order valence-electron chi connectivity index (χ0n) is 15.5. The van der Waals surface area contributed by atoms with Gasteiger partial charge >= 0.3 is 6.09 Å². The van der Waals surface area contributed by atoms with Crippen molar-refractivity contribution >= 4 is 12.0 Å². The molecule has 0 saturated carbocycles. The van der Waals surface area contributed by atoms with Crippen LogP contribution in [0.15, 0.2) is 30.3 Å². The summed E-state index contributed by atoms with van der Waals surface area (Å²) in [6.07, 6.45) is 1.29. The molecule has 0 spiro atoms. The number of cyclic esters (lactones) is 1. The maximum atomic E-state index is 12.7. The second kappa shape index (κ2) is 7.42. The number of hydrogen-bond acceptors (Lipinski definition) is 4. The summed E-state index contributed by atoms with van der Waals surface area (Å²) < 4.78 is 4.91. The van der Waals surface area contributed by atoms with E-state index >= 15 is 0 Å². The van der Waals surface area contributed by atoms with Gasteiger partial charge in [-0.25, -0.2) is 4.79 Å². The third-order valence-electron chi connectivity index (χ3n) is 5.43. The third kappa shape index (κ3) is 3.41. The Bertz CT molecular complexity index is 833. The van der Waals surface area contributed by atoms with Crippen LogP contribution in [-0.4, -0.2) is 58.2 Å². The highest BCUT2D eigenvalue weighted by Gasteiger charge is 2.31. The number of benzene rings is 1. The van der Waals surface area contributed by atoms with Crippen LogP contribution in [0, 0.1) is 0 Å². The lowest BCUT2D eigenvalue weighted by Gasteiger charge is -2.29. The summed E-state index contributed by atoms with van der Waals surface area (Å²) in [4.78, 5) is 27.6. The Labute approximate surface area is 158 Å². The van der Waals surface area contributed by atoms with Crippen molar-refractivity contribution in [2.45, 2.75) is 32.2 Å². The van der Waals surface area contributed by atoms with Crippen LogP contribution in [0.2, 0.25) is 0 Å². The van der Waals surface area contributed by atoms with E-state index < -0.39 is 6.09 Å². The van der Waals surface area contributed by atoms with Crippen LogP contribution in [0.4, 0.5) is 4.79 Å². The predicted molar refractivity (Wildman–Crippen MR) is 99.2 cm³/mol. The largest absolute Gasteiger partial charge is 0.448 e. The average Bonchev–Trinajstić information content (AvgIpc) is 3.29. The number of nitrogens with zero attached hydrogens (tertiary/aromatic N) is 3. The van der Waals surface area contributed by atoms with Crippen LogP contribution in [0.5, 0.6) is 0 Å². The van der Waals surface area contributed by atoms with E-state index in [2.05, 4.69) is 29.3 Å². The van der Waals surface area contributed by atoms with Gasteiger partial charge in [-0.15, -0.1) is 0 Å². The minimum Gasteiger partial charge on any atom is -0.448 e. The predicted octanol–water partition coefficient (Wildman–Crippen LogP) is 2.29. The first-order valence-corrected chi connectivity index (χ1v) is 9.47. The highest BCUT2D eigenvalue weighted by Crippen LogP contribution is 2.32. The van der Waals surface area contributed by atoms with Gasteiger partial charge in [-0.05, 0) is 12.0 Å². The van der Waals surface area contributed by atoms with Crippen molar-refractivity contribution in [2.75, 3.05) is 26.2 Å². The Kier molecular flexibility index (Phi) is 4.83. The summed E-state index contributed by atoms with van der Waals surface area (Å²) in [5.41, 5.74) is 4.49. The molecule has 1 fully saturated rings. The molecule has 1 N–H and O–H groups in total. The van der Waals surface area contributed by atoms with Crippen molar-refractivity contribution < 1.29 is 14.3 Å². The molecule has 2 aromatic rings. The molecule has 1 unspecified atom stereocenters. The van der Waals surface area contributed by atoms with E-state index in [0.29, 0.717) is 26.2 Å². The van der Waals surface area contributed by atoms with E-state index in [9.17, 15) is 9.59 Å². The molecule has 27 heavy (non-hydrogen) atoms. The number of amides is 2. The lowest BCUT2D eigenvalue weighted by atomic mass is 9.89. The van der Waals surface area contributed by atoms with Gasteiger partial charge < -0.3 is 9.64 Å². The number of hydrogen-bond donors (Lipinski definition) is 1. The molecule has 1 atom stereocenters. The van der Waals surface area contributed by atoms with Crippen molar-refractivity contribution in [1.82, 2.24) is 20.0 Å². The quantitative estimate of drug-likeness (QED) is 0.878. The maximum absolute atomic E-state index is 12.7. The van der Waals surface area contributed by atoms with Crippen LogP contribution in [0.3, 0.4) is 0 Å². The van der Waals surface area contributed by atoms with E-state index in [1.165, 1.54) is 10.5 Å². The summed E-state index contributed by atoms with van der Waals surface area (Å²) in [6.45, 7) is 4.25. The van der Waals surface area contributed by atoms with Gasteiger partial charge in [-0.3, -0.25) is 14.8 Å². The number of nitrogens with one attached hydrogen (secondary N) is 1. The van der Waals surface area contributed by atoms with Gasteiger partial charge in [-0.2, -0.15) is 5.10 Å². The van der Waals surface area contributed by atoms with Crippen molar-refractivity contribution in [3.63, 3.8) is 0 Å². The van der Waals surface area contributed by atoms with E-state index in [-0.39, 0.29) is 18.4 Å². The highest BCUT2D eigenvalue weighted by molar-refractivity contribution is 5.83. The second-order valence-corrected chi connectivity index (χ2v) is 7.04. The molecule has 1 aromatic heterocycles. The van der Waals surface area contributed by atoms with Crippen molar-refractivity contribution in [3.8, 4) is 0 Å². The van der Waals surface area contributed by atoms with Gasteiger partial charge in [-0.1, -0.05) is 37.3 Å². The molecule has 2 amide bonds. The Morgan fingerprint density at radius 2 is 2.11 bits per heavy atom. The summed E-state index contributed by atoms with van der Waals surface area (Å²) in [7, 11) is 0. The van der Waals surface area contributed by atoms with Crippen LogP contribution in [0.25, 0.3) is 0 Å². The fourth-order valence-corrected chi connectivity index (χ4v) is 3.92. The lowest BCUT2D eigenvalue weighted by Crippen LogP contribution is -2.43. The van der Waals surface area contributed by atoms with Gasteiger partial charge in [0.2, 0.25) is 5.91 Å². The molecule has 0 aliphatic carbocycles. The Morgan fingerprint density at radius 3 is 2.81 bits per heavy atom. The molecule has 4 rings (SSSR count). The van der Waals surface area contributed by atoms with Gasteiger partial charge in [0.15, 0.2) is 0 Å². The SMILES string of the molecule is CCC(c1ccccc1)c1n[nH]c2c1CN(C(=O)CN1CCOC1=O)CC2. The molecular weight excluding hydrogens is 344 g/mol. The monoisotopic (exact) mass is 368 g/mol. The number of aromatic nitrogens is 2. The van der Waals surface area contributed by atoms with Crippen LogP contribution in [-0.2, 0) is 22.5 Å². The van der Waals surface area contributed by atoms with E-state index in [1.807, 2.05) is 23.1 Å². The molecule has 2 aliphatic rings. The average molecular weight is 368 g/mol. The second-order valence-electron chi connectivity index (χ2n) is 7.04. The van der Waals surface area contributed by atoms with Gasteiger partial charge in [0.25, 0.3) is 0 Å². The van der Waals surface area contributed by atoms with Crippen molar-refractivity contribution in [2.24, 2.45) is 0 Å². The Hall–Kier alpha value is -2.83. The zero-order chi connectivity index (χ0) is 18.8. The summed E-state index contributed by atoms with van der Waals surface area (Å²) in [5.74, 6) is 0.161. The number of carbonyl (C=O) groups excluding carboxylic acids is 2. The number of carbonyl (C=O) groups is 2. The molecule has 7 heteroatoms. The molecular formula is C20H24N4O3. The van der Waals surface area contributed by atoms with E-state index in [1.54, 1.807) is 0 Å². The molecule has 1 aromatic carbocycles. The van der Waals surface area contributed by atoms with Gasteiger partial charge in [0.05, 0.1) is 12.2 Å². The molecule has 3 heterocycles. The normalized spacial score (nSPS) is 17.6. The number of aromatic amines is 1. The Balaban J connectivity index is 1.53.